The zero-order chi connectivity index (χ0) is 13.0. The van der Waals surface area contributed by atoms with Gasteiger partial charge in [-0.3, -0.25) is 9.69 Å². The molecule has 0 N–H and O–H groups in total. The molecule has 0 fully saturated rings. The van der Waals surface area contributed by atoms with Gasteiger partial charge < -0.3 is 4.74 Å². The molecule has 19 heavy (non-hydrogen) atoms. The summed E-state index contributed by atoms with van der Waals surface area (Å²) in [6.07, 6.45) is -0.287. The summed E-state index contributed by atoms with van der Waals surface area (Å²) in [5.41, 5.74) is 3.67. The minimum atomic E-state index is -0.287. The molecular weight excluding hydrogens is 306 g/mol. The lowest BCUT2D eigenvalue weighted by atomic mass is 10.1. The minimum absolute atomic E-state index is 0.00782. The number of halogens is 1. The van der Waals surface area contributed by atoms with Gasteiger partial charge in [0.05, 0.1) is 12.3 Å². The average molecular weight is 316 g/mol. The average Bonchev–Trinajstić information content (AvgIpc) is 2.72. The van der Waals surface area contributed by atoms with Gasteiger partial charge in [0.25, 0.3) is 5.91 Å². The minimum Gasteiger partial charge on any atom is -0.349 e. The third kappa shape index (κ3) is 1.50. The van der Waals surface area contributed by atoms with Crippen molar-refractivity contribution in [2.45, 2.75) is 12.8 Å². The van der Waals surface area contributed by atoms with Crippen molar-refractivity contribution < 1.29 is 9.53 Å². The van der Waals surface area contributed by atoms with Gasteiger partial charge in [0.15, 0.2) is 6.23 Å². The summed E-state index contributed by atoms with van der Waals surface area (Å²) in [5, 5.41) is 0. The van der Waals surface area contributed by atoms with Crippen molar-refractivity contribution >= 4 is 27.5 Å². The number of anilines is 1. The smallest absolute Gasteiger partial charge is 0.261 e. The van der Waals surface area contributed by atoms with Gasteiger partial charge in [0.2, 0.25) is 0 Å². The van der Waals surface area contributed by atoms with Crippen LogP contribution < -0.4 is 4.90 Å². The van der Waals surface area contributed by atoms with Crippen LogP contribution in [0.2, 0.25) is 0 Å². The molecule has 0 radical (unpaired) electrons. The number of hydrogen-bond donors (Lipinski definition) is 0. The number of ether oxygens (including phenoxy) is 1. The van der Waals surface area contributed by atoms with Crippen molar-refractivity contribution in [1.29, 1.82) is 0 Å². The predicted octanol–water partition coefficient (Wildman–Crippen LogP) is 3.64. The van der Waals surface area contributed by atoms with E-state index in [0.717, 1.165) is 26.9 Å². The van der Waals surface area contributed by atoms with E-state index in [1.807, 2.05) is 42.5 Å². The van der Waals surface area contributed by atoms with E-state index < -0.39 is 0 Å². The van der Waals surface area contributed by atoms with Gasteiger partial charge in [-0.05, 0) is 18.2 Å². The molecule has 0 aliphatic carbocycles. The molecular formula is C15H10BrNO2. The molecule has 4 heteroatoms. The Hall–Kier alpha value is -1.65. The molecule has 2 aliphatic heterocycles. The standard InChI is InChI=1S/C15H10BrNO2/c16-10-5-6-11-12(7-10)14(18)17-13-4-2-1-3-9(13)8-19-15(11)17/h1-7,15H,8H2. The van der Waals surface area contributed by atoms with E-state index in [1.165, 1.54) is 0 Å². The Morgan fingerprint density at radius 3 is 2.95 bits per heavy atom. The van der Waals surface area contributed by atoms with Gasteiger partial charge in [-0.1, -0.05) is 40.2 Å². The Labute approximate surface area is 118 Å². The second-order valence-corrected chi connectivity index (χ2v) is 5.61. The van der Waals surface area contributed by atoms with Crippen LogP contribution in [-0.2, 0) is 11.3 Å². The third-order valence-corrected chi connectivity index (χ3v) is 4.11. The number of fused-ring (bicyclic) bond motifs is 5. The van der Waals surface area contributed by atoms with Gasteiger partial charge in [0.1, 0.15) is 0 Å². The van der Waals surface area contributed by atoms with Gasteiger partial charge >= 0.3 is 0 Å². The van der Waals surface area contributed by atoms with Gasteiger partial charge in [-0.2, -0.15) is 0 Å². The molecule has 2 heterocycles. The van der Waals surface area contributed by atoms with Crippen LogP contribution in [0.25, 0.3) is 0 Å². The van der Waals surface area contributed by atoms with Crippen molar-refractivity contribution in [1.82, 2.24) is 0 Å². The fourth-order valence-electron chi connectivity index (χ4n) is 2.74. The van der Waals surface area contributed by atoms with E-state index in [1.54, 1.807) is 4.90 Å². The molecule has 0 spiro atoms. The Morgan fingerprint density at radius 1 is 1.21 bits per heavy atom. The van der Waals surface area contributed by atoms with Crippen molar-refractivity contribution in [3.05, 3.63) is 63.6 Å². The Bertz CT molecular complexity index is 698. The van der Waals surface area contributed by atoms with Crippen LogP contribution in [0.1, 0.15) is 27.7 Å². The molecule has 1 atom stereocenters. The number of benzene rings is 2. The number of rotatable bonds is 0. The second-order valence-electron chi connectivity index (χ2n) is 4.70. The van der Waals surface area contributed by atoms with Crippen LogP contribution in [-0.4, -0.2) is 5.91 Å². The summed E-state index contributed by atoms with van der Waals surface area (Å²) in [7, 11) is 0. The first-order valence-electron chi connectivity index (χ1n) is 6.08. The van der Waals surface area contributed by atoms with Crippen molar-refractivity contribution in [2.24, 2.45) is 0 Å². The highest BCUT2D eigenvalue weighted by Crippen LogP contribution is 2.43. The maximum absolute atomic E-state index is 12.6. The highest BCUT2D eigenvalue weighted by atomic mass is 79.9. The zero-order valence-corrected chi connectivity index (χ0v) is 11.6. The summed E-state index contributed by atoms with van der Waals surface area (Å²) in [4.78, 5) is 14.3. The molecule has 0 bridgehead atoms. The lowest BCUT2D eigenvalue weighted by molar-refractivity contribution is 0.0319. The summed E-state index contributed by atoms with van der Waals surface area (Å²) in [6.45, 7) is 0.542. The summed E-state index contributed by atoms with van der Waals surface area (Å²) >= 11 is 3.41. The molecule has 94 valence electrons. The van der Waals surface area contributed by atoms with Gasteiger partial charge in [-0.25, -0.2) is 0 Å². The van der Waals surface area contributed by atoms with E-state index in [0.29, 0.717) is 6.61 Å². The largest absolute Gasteiger partial charge is 0.349 e. The lowest BCUT2D eigenvalue weighted by Gasteiger charge is -2.32. The monoisotopic (exact) mass is 315 g/mol. The first-order chi connectivity index (χ1) is 9.25. The van der Waals surface area contributed by atoms with E-state index in [4.69, 9.17) is 4.74 Å². The SMILES string of the molecule is O=C1c2cc(Br)ccc2C2OCc3ccccc3N12. The highest BCUT2D eigenvalue weighted by molar-refractivity contribution is 9.10. The number of para-hydroxylation sites is 1. The summed E-state index contributed by atoms with van der Waals surface area (Å²) in [5.74, 6) is 0.00782. The van der Waals surface area contributed by atoms with Gasteiger partial charge in [0, 0.05) is 21.2 Å². The third-order valence-electron chi connectivity index (χ3n) is 3.61. The van der Waals surface area contributed by atoms with E-state index >= 15 is 0 Å². The van der Waals surface area contributed by atoms with Crippen molar-refractivity contribution in [2.75, 3.05) is 4.90 Å². The zero-order valence-electron chi connectivity index (χ0n) is 9.97. The first kappa shape index (κ1) is 11.2. The molecule has 2 aromatic carbocycles. The quantitative estimate of drug-likeness (QED) is 0.743. The fourth-order valence-corrected chi connectivity index (χ4v) is 3.10. The normalized spacial score (nSPS) is 19.9. The molecule has 0 saturated heterocycles. The van der Waals surface area contributed by atoms with Crippen LogP contribution in [0.4, 0.5) is 5.69 Å². The molecule has 0 saturated carbocycles. The molecule has 2 aromatic rings. The van der Waals surface area contributed by atoms with E-state index in [2.05, 4.69) is 15.9 Å². The topological polar surface area (TPSA) is 29.5 Å². The van der Waals surface area contributed by atoms with E-state index in [-0.39, 0.29) is 12.1 Å². The van der Waals surface area contributed by atoms with Crippen LogP contribution in [0, 0.1) is 0 Å². The maximum Gasteiger partial charge on any atom is 0.261 e. The second kappa shape index (κ2) is 3.92. The van der Waals surface area contributed by atoms with Crippen LogP contribution in [0.15, 0.2) is 46.9 Å². The Kier molecular flexibility index (Phi) is 2.31. The molecule has 3 nitrogen and oxygen atoms in total. The Balaban J connectivity index is 1.91. The van der Waals surface area contributed by atoms with Crippen molar-refractivity contribution in [3.63, 3.8) is 0 Å². The molecule has 2 aliphatic rings. The predicted molar refractivity (Wildman–Crippen MR) is 74.9 cm³/mol. The first-order valence-corrected chi connectivity index (χ1v) is 6.87. The molecule has 0 aromatic heterocycles. The number of nitrogens with zero attached hydrogens (tertiary/aromatic N) is 1. The molecule has 4 rings (SSSR count). The lowest BCUT2D eigenvalue weighted by Crippen LogP contribution is -2.33. The van der Waals surface area contributed by atoms with Crippen molar-refractivity contribution in [3.8, 4) is 0 Å². The fraction of sp³-hybridized carbons (Fsp3) is 0.133. The maximum atomic E-state index is 12.6. The summed E-state index contributed by atoms with van der Waals surface area (Å²) in [6, 6.07) is 13.7. The van der Waals surface area contributed by atoms with Crippen LogP contribution in [0.3, 0.4) is 0 Å². The number of carbonyl (C=O) groups excluding carboxylic acids is 1. The number of amides is 1. The number of carbonyl (C=O) groups is 1. The Morgan fingerprint density at radius 2 is 2.05 bits per heavy atom. The molecule has 1 amide bonds. The number of hydrogen-bond acceptors (Lipinski definition) is 2. The summed E-state index contributed by atoms with van der Waals surface area (Å²) < 4.78 is 6.76. The highest BCUT2D eigenvalue weighted by Gasteiger charge is 2.41. The van der Waals surface area contributed by atoms with E-state index in [9.17, 15) is 4.79 Å². The molecule has 1 unspecified atom stereocenters. The van der Waals surface area contributed by atoms with Gasteiger partial charge in [-0.15, -0.1) is 0 Å². The van der Waals surface area contributed by atoms with Crippen LogP contribution >= 0.6 is 15.9 Å². The van der Waals surface area contributed by atoms with Crippen LogP contribution in [0.5, 0.6) is 0 Å².